The zero-order chi connectivity index (χ0) is 15.8. The molecule has 1 amide bonds. The summed E-state index contributed by atoms with van der Waals surface area (Å²) in [6.07, 6.45) is 1.60. The highest BCUT2D eigenvalue weighted by atomic mass is 16.6. The van der Waals surface area contributed by atoms with Gasteiger partial charge in [-0.1, -0.05) is 0 Å². The molecule has 0 aliphatic carbocycles. The molecule has 0 fully saturated rings. The molecule has 0 aromatic heterocycles. The molecule has 0 aromatic rings. The molecule has 0 heterocycles. The summed E-state index contributed by atoms with van der Waals surface area (Å²) in [5.74, 6) is -0.868. The van der Waals surface area contributed by atoms with Crippen LogP contribution in [0.5, 0.6) is 0 Å². The van der Waals surface area contributed by atoms with Gasteiger partial charge in [0.05, 0.1) is 6.42 Å². The summed E-state index contributed by atoms with van der Waals surface area (Å²) in [6, 6.07) is 0. The fourth-order valence-corrected chi connectivity index (χ4v) is 1.54. The van der Waals surface area contributed by atoms with Crippen LogP contribution in [0.15, 0.2) is 0 Å². The quantitative estimate of drug-likeness (QED) is 0.318. The molecule has 0 bridgehead atoms. The number of amides is 1. The second-order valence-electron chi connectivity index (χ2n) is 6.11. The number of carbonyl (C=O) groups excluding carboxylic acids is 2. The van der Waals surface area contributed by atoms with E-state index in [1.807, 2.05) is 19.0 Å². The summed E-state index contributed by atoms with van der Waals surface area (Å²) in [6.45, 7) is 6.53. The molecular formula is C14H28N2O4. The lowest BCUT2D eigenvalue weighted by Crippen LogP contribution is -2.30. The first-order chi connectivity index (χ1) is 9.11. The number of hydroxylamine groups is 2. The van der Waals surface area contributed by atoms with E-state index in [1.165, 1.54) is 0 Å². The van der Waals surface area contributed by atoms with E-state index >= 15 is 0 Å². The van der Waals surface area contributed by atoms with Gasteiger partial charge in [0, 0.05) is 13.0 Å². The molecule has 20 heavy (non-hydrogen) atoms. The van der Waals surface area contributed by atoms with Crippen molar-refractivity contribution in [3.05, 3.63) is 0 Å². The third kappa shape index (κ3) is 10.8. The lowest BCUT2D eigenvalue weighted by atomic mass is 10.2. The van der Waals surface area contributed by atoms with Crippen molar-refractivity contribution in [1.82, 2.24) is 9.96 Å². The first-order valence-corrected chi connectivity index (χ1v) is 6.97. The van der Waals surface area contributed by atoms with E-state index in [0.717, 1.165) is 19.4 Å². The van der Waals surface area contributed by atoms with E-state index in [1.54, 1.807) is 20.8 Å². The van der Waals surface area contributed by atoms with E-state index in [2.05, 4.69) is 0 Å². The van der Waals surface area contributed by atoms with Crippen LogP contribution in [0.4, 0.5) is 0 Å². The van der Waals surface area contributed by atoms with Crippen LogP contribution in [0.3, 0.4) is 0 Å². The maximum atomic E-state index is 11.6. The molecule has 0 spiro atoms. The Bertz CT molecular complexity index is 311. The van der Waals surface area contributed by atoms with Gasteiger partial charge in [-0.3, -0.25) is 14.8 Å². The average Bonchev–Trinajstić information content (AvgIpc) is 2.28. The molecule has 0 radical (unpaired) electrons. The molecule has 0 aromatic carbocycles. The van der Waals surface area contributed by atoms with Crippen LogP contribution in [0, 0.1) is 0 Å². The van der Waals surface area contributed by atoms with Crippen LogP contribution in [0.1, 0.15) is 46.5 Å². The number of nitrogens with zero attached hydrogens (tertiary/aromatic N) is 2. The molecular weight excluding hydrogens is 260 g/mol. The smallest absolute Gasteiger partial charge is 0.306 e. The van der Waals surface area contributed by atoms with Crippen LogP contribution >= 0.6 is 0 Å². The fourth-order valence-electron chi connectivity index (χ4n) is 1.54. The minimum Gasteiger partial charge on any atom is -0.460 e. The SMILES string of the molecule is CN(C)CCCCN(O)C(=O)CCC(=O)OC(C)(C)C. The number of hydrogen-bond acceptors (Lipinski definition) is 5. The van der Waals surface area contributed by atoms with Gasteiger partial charge in [-0.05, 0) is 54.3 Å². The number of esters is 1. The molecule has 118 valence electrons. The van der Waals surface area contributed by atoms with Crippen molar-refractivity contribution in [2.75, 3.05) is 27.2 Å². The van der Waals surface area contributed by atoms with E-state index in [-0.39, 0.29) is 12.8 Å². The minimum atomic E-state index is -0.550. The van der Waals surface area contributed by atoms with Gasteiger partial charge in [0.1, 0.15) is 5.60 Å². The average molecular weight is 288 g/mol. The zero-order valence-corrected chi connectivity index (χ0v) is 13.3. The van der Waals surface area contributed by atoms with Gasteiger partial charge in [-0.25, -0.2) is 5.06 Å². The number of unbranched alkanes of at least 4 members (excludes halogenated alkanes) is 1. The highest BCUT2D eigenvalue weighted by Gasteiger charge is 2.18. The highest BCUT2D eigenvalue weighted by Crippen LogP contribution is 2.09. The monoisotopic (exact) mass is 288 g/mol. The Morgan fingerprint density at radius 3 is 2.10 bits per heavy atom. The topological polar surface area (TPSA) is 70.1 Å². The molecule has 0 aliphatic heterocycles. The van der Waals surface area contributed by atoms with Crippen molar-refractivity contribution >= 4 is 11.9 Å². The van der Waals surface area contributed by atoms with Gasteiger partial charge in [-0.15, -0.1) is 0 Å². The van der Waals surface area contributed by atoms with Crippen molar-refractivity contribution in [2.24, 2.45) is 0 Å². The third-order valence-corrected chi connectivity index (χ3v) is 2.48. The molecule has 1 N–H and O–H groups in total. The van der Waals surface area contributed by atoms with Crippen molar-refractivity contribution in [2.45, 2.75) is 52.1 Å². The molecule has 0 unspecified atom stereocenters. The van der Waals surface area contributed by atoms with Crippen molar-refractivity contribution in [3.8, 4) is 0 Å². The molecule has 0 aliphatic rings. The summed E-state index contributed by atoms with van der Waals surface area (Å²) in [5, 5.41) is 10.2. The number of ether oxygens (including phenoxy) is 1. The van der Waals surface area contributed by atoms with Crippen LogP contribution in [-0.2, 0) is 14.3 Å². The molecule has 0 rings (SSSR count). The number of rotatable bonds is 8. The molecule has 0 saturated heterocycles. The van der Waals surface area contributed by atoms with E-state index in [0.29, 0.717) is 11.6 Å². The van der Waals surface area contributed by atoms with E-state index in [4.69, 9.17) is 4.74 Å². The van der Waals surface area contributed by atoms with Gasteiger partial charge >= 0.3 is 5.97 Å². The van der Waals surface area contributed by atoms with Crippen molar-refractivity contribution in [1.29, 1.82) is 0 Å². The number of hydrogen-bond donors (Lipinski definition) is 1. The lowest BCUT2D eigenvalue weighted by Gasteiger charge is -2.20. The largest absolute Gasteiger partial charge is 0.460 e. The van der Waals surface area contributed by atoms with Crippen LogP contribution in [-0.4, -0.2) is 59.8 Å². The summed E-state index contributed by atoms with van der Waals surface area (Å²) in [5.41, 5.74) is -0.550. The van der Waals surface area contributed by atoms with Gasteiger partial charge in [0.15, 0.2) is 0 Å². The Hall–Kier alpha value is -1.14. The minimum absolute atomic E-state index is 0.00907. The normalized spacial score (nSPS) is 11.6. The van der Waals surface area contributed by atoms with Gasteiger partial charge in [0.25, 0.3) is 0 Å². The molecule has 6 heteroatoms. The van der Waals surface area contributed by atoms with Gasteiger partial charge < -0.3 is 9.64 Å². The summed E-state index contributed by atoms with van der Waals surface area (Å²) in [7, 11) is 3.95. The first-order valence-electron chi connectivity index (χ1n) is 6.97. The number of carbonyl (C=O) groups is 2. The highest BCUT2D eigenvalue weighted by molar-refractivity contribution is 5.80. The summed E-state index contributed by atoms with van der Waals surface area (Å²) >= 11 is 0. The Labute approximate surface area is 121 Å². The lowest BCUT2D eigenvalue weighted by molar-refractivity contribution is -0.168. The second-order valence-corrected chi connectivity index (χ2v) is 6.11. The van der Waals surface area contributed by atoms with Gasteiger partial charge in [0.2, 0.25) is 5.91 Å². The first kappa shape index (κ1) is 18.9. The van der Waals surface area contributed by atoms with Gasteiger partial charge in [-0.2, -0.15) is 0 Å². The fraction of sp³-hybridized carbons (Fsp3) is 0.857. The van der Waals surface area contributed by atoms with Crippen LogP contribution in [0.25, 0.3) is 0 Å². The Morgan fingerprint density at radius 1 is 1.05 bits per heavy atom. The predicted octanol–water partition coefficient (Wildman–Crippen LogP) is 1.67. The maximum absolute atomic E-state index is 11.6. The predicted molar refractivity (Wildman–Crippen MR) is 76.4 cm³/mol. The summed E-state index contributed by atoms with van der Waals surface area (Å²) < 4.78 is 5.10. The standard InChI is InChI=1S/C14H28N2O4/c1-14(2,3)20-13(18)9-8-12(17)16(19)11-7-6-10-15(4)5/h19H,6-11H2,1-5H3. The van der Waals surface area contributed by atoms with Crippen molar-refractivity contribution in [3.63, 3.8) is 0 Å². The van der Waals surface area contributed by atoms with Crippen molar-refractivity contribution < 1.29 is 19.5 Å². The summed E-state index contributed by atoms with van der Waals surface area (Å²) in [4.78, 5) is 25.1. The van der Waals surface area contributed by atoms with Crippen LogP contribution < -0.4 is 0 Å². The molecule has 6 nitrogen and oxygen atoms in total. The third-order valence-electron chi connectivity index (χ3n) is 2.48. The molecule has 0 saturated carbocycles. The Balaban J connectivity index is 3.82. The second kappa shape index (κ2) is 8.92. The Kier molecular flexibility index (Phi) is 8.41. The Morgan fingerprint density at radius 2 is 1.60 bits per heavy atom. The maximum Gasteiger partial charge on any atom is 0.306 e. The molecule has 0 atom stereocenters. The zero-order valence-electron chi connectivity index (χ0n) is 13.3. The van der Waals surface area contributed by atoms with Crippen LogP contribution in [0.2, 0.25) is 0 Å². The van der Waals surface area contributed by atoms with E-state index in [9.17, 15) is 14.8 Å². The van der Waals surface area contributed by atoms with E-state index < -0.39 is 17.5 Å².